The molecule has 0 bridgehead atoms. The highest BCUT2D eigenvalue weighted by Gasteiger charge is 2.62. The van der Waals surface area contributed by atoms with Gasteiger partial charge in [0.05, 0.1) is 20.1 Å². The van der Waals surface area contributed by atoms with Crippen LogP contribution in [0, 0.1) is 11.8 Å². The van der Waals surface area contributed by atoms with E-state index in [-0.39, 0.29) is 17.9 Å². The molecule has 0 aromatic heterocycles. The first-order valence-electron chi connectivity index (χ1n) is 5.37. The minimum Gasteiger partial charge on any atom is -0.469 e. The molecule has 0 aromatic carbocycles. The maximum Gasteiger partial charge on any atom is 0.323 e. The first kappa shape index (κ1) is 13.5. The fourth-order valence-electron chi connectivity index (χ4n) is 2.30. The summed E-state index contributed by atoms with van der Waals surface area (Å²) in [6.07, 6.45) is 2.55. The normalized spacial score (nSPS) is 32.8. The molecule has 4 nitrogen and oxygen atoms in total. The van der Waals surface area contributed by atoms with Gasteiger partial charge in [-0.25, -0.2) is 0 Å². The van der Waals surface area contributed by atoms with Crippen LogP contribution in [0.25, 0.3) is 0 Å². The molecule has 3 atom stereocenters. The van der Waals surface area contributed by atoms with Crippen molar-refractivity contribution in [2.75, 3.05) is 14.2 Å². The van der Waals surface area contributed by atoms with Crippen LogP contribution in [-0.4, -0.2) is 30.5 Å². The number of rotatable bonds is 4. The van der Waals surface area contributed by atoms with Gasteiger partial charge in [-0.1, -0.05) is 29.3 Å². The summed E-state index contributed by atoms with van der Waals surface area (Å²) >= 11 is 3.39. The molecular weight excluding hydrogens is 276 g/mol. The SMILES string of the molecule is CCCC1CC(C(=O)OC)C1(Br)C(=O)OC. The van der Waals surface area contributed by atoms with Gasteiger partial charge in [-0.2, -0.15) is 0 Å². The lowest BCUT2D eigenvalue weighted by Crippen LogP contribution is -2.59. The van der Waals surface area contributed by atoms with Gasteiger partial charge in [0.15, 0.2) is 0 Å². The lowest BCUT2D eigenvalue weighted by molar-refractivity contribution is -0.165. The molecule has 1 aliphatic rings. The molecule has 5 heteroatoms. The third-order valence-electron chi connectivity index (χ3n) is 3.24. The van der Waals surface area contributed by atoms with Gasteiger partial charge in [0, 0.05) is 0 Å². The van der Waals surface area contributed by atoms with Gasteiger partial charge in [-0.15, -0.1) is 0 Å². The average molecular weight is 293 g/mol. The Labute approximate surface area is 104 Å². The molecule has 0 radical (unpaired) electrons. The van der Waals surface area contributed by atoms with Gasteiger partial charge in [0.2, 0.25) is 0 Å². The first-order valence-corrected chi connectivity index (χ1v) is 6.16. The Balaban J connectivity index is 2.85. The van der Waals surface area contributed by atoms with Crippen molar-refractivity contribution in [3.63, 3.8) is 0 Å². The van der Waals surface area contributed by atoms with Crippen LogP contribution >= 0.6 is 15.9 Å². The van der Waals surface area contributed by atoms with Crippen LogP contribution in [0.4, 0.5) is 0 Å². The van der Waals surface area contributed by atoms with E-state index in [1.807, 2.05) is 0 Å². The maximum atomic E-state index is 11.8. The van der Waals surface area contributed by atoms with Crippen LogP contribution in [0.3, 0.4) is 0 Å². The molecule has 0 spiro atoms. The standard InChI is InChI=1S/C11H17BrO4/c1-4-5-7-6-8(9(13)15-2)11(7,12)10(14)16-3/h7-8H,4-6H2,1-3H3. The minimum atomic E-state index is -0.884. The van der Waals surface area contributed by atoms with Crippen molar-refractivity contribution in [2.45, 2.75) is 30.5 Å². The van der Waals surface area contributed by atoms with Gasteiger partial charge in [-0.05, 0) is 18.8 Å². The summed E-state index contributed by atoms with van der Waals surface area (Å²) in [4.78, 5) is 23.3. The lowest BCUT2D eigenvalue weighted by Gasteiger charge is -2.48. The van der Waals surface area contributed by atoms with Gasteiger partial charge < -0.3 is 9.47 Å². The molecule has 92 valence electrons. The Kier molecular flexibility index (Phi) is 4.35. The molecule has 0 amide bonds. The zero-order valence-corrected chi connectivity index (χ0v) is 11.4. The molecule has 16 heavy (non-hydrogen) atoms. The number of carbonyl (C=O) groups excluding carboxylic acids is 2. The molecular formula is C11H17BrO4. The van der Waals surface area contributed by atoms with E-state index in [9.17, 15) is 9.59 Å². The predicted octanol–water partition coefficient (Wildman–Crippen LogP) is 1.90. The van der Waals surface area contributed by atoms with Crippen molar-refractivity contribution >= 4 is 27.9 Å². The number of hydrogen-bond donors (Lipinski definition) is 0. The van der Waals surface area contributed by atoms with Crippen LogP contribution in [0.2, 0.25) is 0 Å². The highest BCUT2D eigenvalue weighted by molar-refractivity contribution is 9.10. The molecule has 0 aliphatic heterocycles. The van der Waals surface area contributed by atoms with Crippen LogP contribution < -0.4 is 0 Å². The minimum absolute atomic E-state index is 0.147. The first-order chi connectivity index (χ1) is 7.52. The summed E-state index contributed by atoms with van der Waals surface area (Å²) in [6, 6.07) is 0. The van der Waals surface area contributed by atoms with Crippen molar-refractivity contribution in [2.24, 2.45) is 11.8 Å². The van der Waals surface area contributed by atoms with Crippen molar-refractivity contribution in [3.05, 3.63) is 0 Å². The van der Waals surface area contributed by atoms with Crippen LogP contribution in [0.1, 0.15) is 26.2 Å². The molecule has 1 rings (SSSR count). The van der Waals surface area contributed by atoms with Gasteiger partial charge in [0.25, 0.3) is 0 Å². The number of hydrogen-bond acceptors (Lipinski definition) is 4. The Morgan fingerprint density at radius 3 is 2.44 bits per heavy atom. The second kappa shape index (κ2) is 5.17. The monoisotopic (exact) mass is 292 g/mol. The molecule has 0 N–H and O–H groups in total. The van der Waals surface area contributed by atoms with Crippen LogP contribution in [-0.2, 0) is 19.1 Å². The highest BCUT2D eigenvalue weighted by atomic mass is 79.9. The molecule has 3 unspecified atom stereocenters. The number of esters is 2. The van der Waals surface area contributed by atoms with E-state index in [1.54, 1.807) is 0 Å². The molecule has 0 heterocycles. The predicted molar refractivity (Wildman–Crippen MR) is 62.2 cm³/mol. The third kappa shape index (κ3) is 1.97. The number of alkyl halides is 1. The van der Waals surface area contributed by atoms with Gasteiger partial charge in [-0.3, -0.25) is 9.59 Å². The zero-order chi connectivity index (χ0) is 12.3. The molecule has 1 aliphatic carbocycles. The zero-order valence-electron chi connectivity index (χ0n) is 9.79. The number of carbonyl (C=O) groups is 2. The molecule has 0 saturated heterocycles. The second-order valence-corrected chi connectivity index (χ2v) is 5.37. The third-order valence-corrected chi connectivity index (χ3v) is 4.77. The second-order valence-electron chi connectivity index (χ2n) is 4.06. The van der Waals surface area contributed by atoms with Crippen LogP contribution in [0.15, 0.2) is 0 Å². The average Bonchev–Trinajstić information content (AvgIpc) is 2.30. The fourth-order valence-corrected chi connectivity index (χ4v) is 3.25. The summed E-state index contributed by atoms with van der Waals surface area (Å²) in [6.45, 7) is 2.05. The smallest absolute Gasteiger partial charge is 0.323 e. The van der Waals surface area contributed by atoms with Crippen molar-refractivity contribution in [1.82, 2.24) is 0 Å². The summed E-state index contributed by atoms with van der Waals surface area (Å²) in [5.74, 6) is -1.02. The summed E-state index contributed by atoms with van der Waals surface area (Å²) in [5, 5.41) is 0. The Morgan fingerprint density at radius 1 is 1.38 bits per heavy atom. The molecule has 1 saturated carbocycles. The Hall–Kier alpha value is -0.580. The largest absolute Gasteiger partial charge is 0.469 e. The van der Waals surface area contributed by atoms with Crippen LogP contribution in [0.5, 0.6) is 0 Å². The van der Waals surface area contributed by atoms with Crippen molar-refractivity contribution in [1.29, 1.82) is 0 Å². The van der Waals surface area contributed by atoms with Gasteiger partial charge in [0.1, 0.15) is 4.32 Å². The fraction of sp³-hybridized carbons (Fsp3) is 0.818. The Morgan fingerprint density at radius 2 is 2.00 bits per heavy atom. The van der Waals surface area contributed by atoms with E-state index in [0.29, 0.717) is 6.42 Å². The van der Waals surface area contributed by atoms with E-state index in [0.717, 1.165) is 12.8 Å². The van der Waals surface area contributed by atoms with Crippen molar-refractivity contribution < 1.29 is 19.1 Å². The van der Waals surface area contributed by atoms with E-state index < -0.39 is 10.2 Å². The Bertz CT molecular complexity index is 292. The number of methoxy groups -OCH3 is 2. The van der Waals surface area contributed by atoms with Gasteiger partial charge >= 0.3 is 11.9 Å². The summed E-state index contributed by atoms with van der Waals surface area (Å²) < 4.78 is 8.57. The molecule has 0 aromatic rings. The molecule has 1 fully saturated rings. The quantitative estimate of drug-likeness (QED) is 0.587. The van der Waals surface area contributed by atoms with Crippen molar-refractivity contribution in [3.8, 4) is 0 Å². The topological polar surface area (TPSA) is 52.6 Å². The summed E-state index contributed by atoms with van der Waals surface area (Å²) in [5.41, 5.74) is 0. The number of ether oxygens (including phenoxy) is 2. The van der Waals surface area contributed by atoms with E-state index >= 15 is 0 Å². The highest BCUT2D eigenvalue weighted by Crippen LogP contribution is 2.53. The maximum absolute atomic E-state index is 11.8. The lowest BCUT2D eigenvalue weighted by atomic mass is 9.63. The summed E-state index contributed by atoms with van der Waals surface area (Å²) in [7, 11) is 2.67. The van der Waals surface area contributed by atoms with E-state index in [2.05, 4.69) is 22.9 Å². The number of halogens is 1. The van der Waals surface area contributed by atoms with E-state index in [1.165, 1.54) is 14.2 Å². The van der Waals surface area contributed by atoms with E-state index in [4.69, 9.17) is 9.47 Å².